The van der Waals surface area contributed by atoms with Crippen molar-refractivity contribution < 1.29 is 9.16 Å². The molecule has 0 heterocycles. The van der Waals surface area contributed by atoms with E-state index in [9.17, 15) is 0 Å². The molecule has 0 aliphatic heterocycles. The van der Waals surface area contributed by atoms with E-state index in [1.165, 1.54) is 6.04 Å². The summed E-state index contributed by atoms with van der Waals surface area (Å²) in [4.78, 5) is 0. The molecule has 0 saturated carbocycles. The Morgan fingerprint density at radius 1 is 1.21 bits per heavy atom. The van der Waals surface area contributed by atoms with Crippen LogP contribution in [0.1, 0.15) is 26.7 Å². The third-order valence-electron chi connectivity index (χ3n) is 1.97. The molecule has 14 heavy (non-hydrogen) atoms. The zero-order valence-corrected chi connectivity index (χ0v) is 11.0. The standard InChI is InChI=1S/C11H24O2Si/c1-5-8-12-10-7-11-14(3,4)13-9-6-2/h5,8H,6-7,9-11H2,1-4H3. The summed E-state index contributed by atoms with van der Waals surface area (Å²) in [6.45, 7) is 10.4. The van der Waals surface area contributed by atoms with Crippen molar-refractivity contribution in [3.63, 3.8) is 0 Å². The Labute approximate surface area is 89.4 Å². The molecule has 0 aromatic carbocycles. The molecule has 3 heteroatoms. The van der Waals surface area contributed by atoms with Crippen LogP contribution in [0.25, 0.3) is 0 Å². The van der Waals surface area contributed by atoms with Gasteiger partial charge in [-0.3, -0.25) is 0 Å². The normalized spacial score (nSPS) is 12.3. The molecular weight excluding hydrogens is 192 g/mol. The van der Waals surface area contributed by atoms with Gasteiger partial charge in [-0.05, 0) is 38.9 Å². The number of hydrogen-bond donors (Lipinski definition) is 0. The fourth-order valence-electron chi connectivity index (χ4n) is 1.20. The Kier molecular flexibility index (Phi) is 7.90. The number of rotatable bonds is 8. The fraction of sp³-hybridized carbons (Fsp3) is 0.818. The van der Waals surface area contributed by atoms with Crippen LogP contribution in [0, 0.1) is 0 Å². The van der Waals surface area contributed by atoms with Gasteiger partial charge in [-0.15, -0.1) is 0 Å². The van der Waals surface area contributed by atoms with E-state index in [1.807, 2.05) is 13.0 Å². The maximum atomic E-state index is 5.85. The van der Waals surface area contributed by atoms with Gasteiger partial charge in [0.2, 0.25) is 0 Å². The molecule has 0 saturated heterocycles. The average molecular weight is 216 g/mol. The third-order valence-corrected chi connectivity index (χ3v) is 4.51. The molecule has 0 spiro atoms. The lowest BCUT2D eigenvalue weighted by Gasteiger charge is -2.22. The van der Waals surface area contributed by atoms with Crippen molar-refractivity contribution in [1.82, 2.24) is 0 Å². The first-order chi connectivity index (χ1) is 6.62. The Hall–Kier alpha value is -0.283. The molecule has 0 amide bonds. The number of allylic oxidation sites excluding steroid dienone is 1. The van der Waals surface area contributed by atoms with E-state index in [1.54, 1.807) is 6.26 Å². The summed E-state index contributed by atoms with van der Waals surface area (Å²) < 4.78 is 11.1. The Bertz CT molecular complexity index is 155. The van der Waals surface area contributed by atoms with Gasteiger partial charge in [-0.2, -0.15) is 0 Å². The summed E-state index contributed by atoms with van der Waals surface area (Å²) in [6.07, 6.45) is 5.89. The van der Waals surface area contributed by atoms with Crippen LogP contribution in [-0.4, -0.2) is 21.5 Å². The van der Waals surface area contributed by atoms with Crippen molar-refractivity contribution in [2.24, 2.45) is 0 Å². The highest BCUT2D eigenvalue weighted by molar-refractivity contribution is 6.71. The molecule has 0 aromatic rings. The van der Waals surface area contributed by atoms with Gasteiger partial charge in [0.15, 0.2) is 8.32 Å². The van der Waals surface area contributed by atoms with Gasteiger partial charge in [0.1, 0.15) is 0 Å². The molecule has 84 valence electrons. The summed E-state index contributed by atoms with van der Waals surface area (Å²) >= 11 is 0. The van der Waals surface area contributed by atoms with Gasteiger partial charge in [-0.1, -0.05) is 13.0 Å². The van der Waals surface area contributed by atoms with Crippen molar-refractivity contribution in [2.75, 3.05) is 13.2 Å². The molecule has 2 nitrogen and oxygen atoms in total. The Morgan fingerprint density at radius 3 is 2.50 bits per heavy atom. The minimum atomic E-state index is -1.39. The minimum Gasteiger partial charge on any atom is -0.502 e. The van der Waals surface area contributed by atoms with Crippen LogP contribution in [0.3, 0.4) is 0 Å². The summed E-state index contributed by atoms with van der Waals surface area (Å²) in [5.74, 6) is 0. The number of hydrogen-bond acceptors (Lipinski definition) is 2. The zero-order valence-electron chi connectivity index (χ0n) is 10.0. The van der Waals surface area contributed by atoms with Crippen molar-refractivity contribution in [1.29, 1.82) is 0 Å². The van der Waals surface area contributed by atoms with Gasteiger partial charge in [-0.25, -0.2) is 0 Å². The van der Waals surface area contributed by atoms with Crippen LogP contribution < -0.4 is 0 Å². The molecule has 0 aliphatic carbocycles. The van der Waals surface area contributed by atoms with Crippen molar-refractivity contribution in [3.8, 4) is 0 Å². The van der Waals surface area contributed by atoms with Crippen LogP contribution >= 0.6 is 0 Å². The van der Waals surface area contributed by atoms with E-state index in [0.29, 0.717) is 0 Å². The predicted molar refractivity (Wildman–Crippen MR) is 63.9 cm³/mol. The lowest BCUT2D eigenvalue weighted by atomic mass is 10.5. The van der Waals surface area contributed by atoms with E-state index >= 15 is 0 Å². The largest absolute Gasteiger partial charge is 0.502 e. The first-order valence-corrected chi connectivity index (χ1v) is 8.60. The predicted octanol–water partition coefficient (Wildman–Crippen LogP) is 3.56. The molecule has 0 N–H and O–H groups in total. The average Bonchev–Trinajstić information content (AvgIpc) is 2.15. The summed E-state index contributed by atoms with van der Waals surface area (Å²) in [5.41, 5.74) is 0. The van der Waals surface area contributed by atoms with Gasteiger partial charge >= 0.3 is 0 Å². The second-order valence-corrected chi connectivity index (χ2v) is 8.36. The van der Waals surface area contributed by atoms with Crippen molar-refractivity contribution in [2.45, 2.75) is 45.8 Å². The fourth-order valence-corrected chi connectivity index (χ4v) is 3.09. The SMILES string of the molecule is CC=COCCC[Si](C)(C)OCCC. The van der Waals surface area contributed by atoms with Gasteiger partial charge in [0.05, 0.1) is 12.9 Å². The van der Waals surface area contributed by atoms with Gasteiger partial charge < -0.3 is 9.16 Å². The zero-order chi connectivity index (χ0) is 10.9. The van der Waals surface area contributed by atoms with E-state index in [4.69, 9.17) is 9.16 Å². The van der Waals surface area contributed by atoms with Crippen molar-refractivity contribution >= 4 is 8.32 Å². The van der Waals surface area contributed by atoms with Crippen LogP contribution in [0.4, 0.5) is 0 Å². The molecule has 0 fully saturated rings. The summed E-state index contributed by atoms with van der Waals surface area (Å²) in [6, 6.07) is 1.19. The van der Waals surface area contributed by atoms with Crippen LogP contribution in [0.5, 0.6) is 0 Å². The quantitative estimate of drug-likeness (QED) is 0.351. The molecule has 0 unspecified atom stereocenters. The molecule has 0 atom stereocenters. The Balaban J connectivity index is 3.44. The third kappa shape index (κ3) is 8.32. The molecule has 0 rings (SSSR count). The second kappa shape index (κ2) is 8.06. The lowest BCUT2D eigenvalue weighted by molar-refractivity contribution is 0.244. The first kappa shape index (κ1) is 13.7. The van der Waals surface area contributed by atoms with E-state index in [2.05, 4.69) is 20.0 Å². The highest BCUT2D eigenvalue weighted by Crippen LogP contribution is 2.13. The smallest absolute Gasteiger partial charge is 0.186 e. The molecule has 0 bridgehead atoms. The highest BCUT2D eigenvalue weighted by Gasteiger charge is 2.20. The highest BCUT2D eigenvalue weighted by atomic mass is 28.4. The van der Waals surface area contributed by atoms with E-state index in [0.717, 1.165) is 26.1 Å². The van der Waals surface area contributed by atoms with Crippen LogP contribution in [-0.2, 0) is 9.16 Å². The summed E-state index contributed by atoms with van der Waals surface area (Å²) in [5, 5.41) is 0. The minimum absolute atomic E-state index is 0.816. The van der Waals surface area contributed by atoms with Gasteiger partial charge in [0.25, 0.3) is 0 Å². The Morgan fingerprint density at radius 2 is 1.93 bits per heavy atom. The van der Waals surface area contributed by atoms with Crippen LogP contribution in [0.15, 0.2) is 12.3 Å². The summed E-state index contributed by atoms with van der Waals surface area (Å²) in [7, 11) is -1.39. The lowest BCUT2D eigenvalue weighted by Crippen LogP contribution is -2.30. The molecule has 0 aliphatic rings. The van der Waals surface area contributed by atoms with Crippen molar-refractivity contribution in [3.05, 3.63) is 12.3 Å². The first-order valence-electron chi connectivity index (χ1n) is 5.49. The van der Waals surface area contributed by atoms with E-state index in [-0.39, 0.29) is 0 Å². The topological polar surface area (TPSA) is 18.5 Å². The molecule has 0 radical (unpaired) electrons. The molecule has 0 aromatic heterocycles. The number of ether oxygens (including phenoxy) is 1. The van der Waals surface area contributed by atoms with Crippen LogP contribution in [0.2, 0.25) is 19.1 Å². The van der Waals surface area contributed by atoms with Gasteiger partial charge in [0, 0.05) is 6.61 Å². The monoisotopic (exact) mass is 216 g/mol. The second-order valence-electron chi connectivity index (χ2n) is 4.05. The maximum absolute atomic E-state index is 5.85. The maximum Gasteiger partial charge on any atom is 0.186 e. The molecular formula is C11H24O2Si. The van der Waals surface area contributed by atoms with E-state index < -0.39 is 8.32 Å².